The third-order valence-corrected chi connectivity index (χ3v) is 5.14. The highest BCUT2D eigenvalue weighted by atomic mass is 32.1. The van der Waals surface area contributed by atoms with Gasteiger partial charge in [0.1, 0.15) is 5.69 Å². The molecule has 30 heavy (non-hydrogen) atoms. The Labute approximate surface area is 174 Å². The number of pyridine rings is 2. The number of aromatic nitrogens is 4. The number of ether oxygens (including phenoxy) is 1. The fraction of sp³-hybridized carbons (Fsp3) is 0.278. The molecule has 2 N–H and O–H groups in total. The molecule has 0 atom stereocenters. The first-order chi connectivity index (χ1) is 14.4. The van der Waals surface area contributed by atoms with E-state index in [1.165, 1.54) is 12.6 Å². The maximum atomic E-state index is 13.0. The van der Waals surface area contributed by atoms with Gasteiger partial charge in [0, 0.05) is 43.9 Å². The van der Waals surface area contributed by atoms with Crippen LogP contribution in [0, 0.1) is 0 Å². The summed E-state index contributed by atoms with van der Waals surface area (Å²) in [6.45, 7) is 0.937. The fourth-order valence-corrected chi connectivity index (χ4v) is 3.52. The number of halogens is 2. The lowest BCUT2D eigenvalue weighted by Gasteiger charge is -2.11. The van der Waals surface area contributed by atoms with Crippen LogP contribution in [0.3, 0.4) is 0 Å². The molecule has 0 aromatic carbocycles. The van der Waals surface area contributed by atoms with Crippen LogP contribution in [0.25, 0.3) is 11.5 Å². The predicted molar refractivity (Wildman–Crippen MR) is 108 cm³/mol. The number of alkyl halides is 2. The molecule has 0 saturated carbocycles. The third-order valence-electron chi connectivity index (χ3n) is 4.51. The summed E-state index contributed by atoms with van der Waals surface area (Å²) in [7, 11) is 3.37. The molecule has 0 aliphatic carbocycles. The van der Waals surface area contributed by atoms with Gasteiger partial charge in [-0.1, -0.05) is 0 Å². The van der Waals surface area contributed by atoms with Crippen LogP contribution >= 0.6 is 11.5 Å². The van der Waals surface area contributed by atoms with Crippen LogP contribution in [0.1, 0.15) is 17.6 Å². The van der Waals surface area contributed by atoms with E-state index in [1.54, 1.807) is 6.20 Å². The normalized spacial score (nSPS) is 12.8. The number of carbonyl (C=O) groups is 1. The highest BCUT2D eigenvalue weighted by Gasteiger charge is 2.20. The number of carbonyl (C=O) groups excluding carboxylic acids is 1. The molecule has 0 spiro atoms. The van der Waals surface area contributed by atoms with E-state index in [0.717, 1.165) is 42.4 Å². The second-order valence-corrected chi connectivity index (χ2v) is 7.23. The van der Waals surface area contributed by atoms with Crippen LogP contribution < -0.4 is 20.3 Å². The van der Waals surface area contributed by atoms with E-state index in [9.17, 15) is 13.6 Å². The zero-order chi connectivity index (χ0) is 21.3. The van der Waals surface area contributed by atoms with E-state index >= 15 is 0 Å². The molecule has 3 aromatic heterocycles. The van der Waals surface area contributed by atoms with Crippen molar-refractivity contribution in [3.63, 3.8) is 0 Å². The number of rotatable bonds is 5. The van der Waals surface area contributed by atoms with E-state index < -0.39 is 12.5 Å². The monoisotopic (exact) mass is 433 g/mol. The number of likely N-dealkylation sites (N-methyl/N-ethyl adjacent to an activating group) is 1. The van der Waals surface area contributed by atoms with E-state index in [2.05, 4.69) is 34.9 Å². The van der Waals surface area contributed by atoms with Gasteiger partial charge in [0.15, 0.2) is 17.4 Å². The van der Waals surface area contributed by atoms with Crippen molar-refractivity contribution >= 4 is 34.3 Å². The second kappa shape index (κ2) is 8.14. The summed E-state index contributed by atoms with van der Waals surface area (Å²) in [6, 6.07) is 3.01. The van der Waals surface area contributed by atoms with Crippen molar-refractivity contribution in [3.8, 4) is 17.3 Å². The number of fused-ring (bicyclic) bond motifs is 1. The molecule has 0 unspecified atom stereocenters. The molecular weight excluding hydrogens is 416 g/mol. The minimum absolute atomic E-state index is 0.0641. The first-order valence-corrected chi connectivity index (χ1v) is 9.70. The Bertz CT molecular complexity index is 1090. The Hall–Kier alpha value is -3.41. The van der Waals surface area contributed by atoms with Crippen LogP contribution in [-0.2, 0) is 6.42 Å². The van der Waals surface area contributed by atoms with E-state index in [0.29, 0.717) is 16.6 Å². The highest BCUT2D eigenvalue weighted by molar-refractivity contribution is 7.09. The van der Waals surface area contributed by atoms with Gasteiger partial charge in [-0.15, -0.1) is 0 Å². The van der Waals surface area contributed by atoms with Gasteiger partial charge in [-0.2, -0.15) is 9.36 Å². The summed E-state index contributed by atoms with van der Waals surface area (Å²) in [5.41, 5.74) is 2.53. The van der Waals surface area contributed by atoms with Crippen LogP contribution in [0.4, 0.5) is 30.2 Å². The molecule has 156 valence electrons. The molecule has 0 fully saturated rings. The molecule has 0 radical (unpaired) electrons. The SMILES string of the molecule is CNC(=O)Oc1cc(C(F)F)cnc1Nc1nc(-c2cc3c(cn2)N(C)CC3)ns1. The molecule has 1 aliphatic heterocycles. The zero-order valence-corrected chi connectivity index (χ0v) is 16.8. The minimum Gasteiger partial charge on any atom is -0.406 e. The quantitative estimate of drug-likeness (QED) is 0.631. The van der Waals surface area contributed by atoms with Crippen LogP contribution in [0.2, 0.25) is 0 Å². The largest absolute Gasteiger partial charge is 0.412 e. The fourth-order valence-electron chi connectivity index (χ4n) is 2.95. The van der Waals surface area contributed by atoms with Gasteiger partial charge < -0.3 is 20.3 Å². The molecule has 3 aromatic rings. The zero-order valence-electron chi connectivity index (χ0n) is 16.0. The molecule has 4 heterocycles. The number of nitrogens with one attached hydrogen (secondary N) is 2. The Morgan fingerprint density at radius 1 is 1.30 bits per heavy atom. The molecule has 12 heteroatoms. The summed E-state index contributed by atoms with van der Waals surface area (Å²) in [5, 5.41) is 5.48. The molecular formula is C18H17F2N7O2S. The summed E-state index contributed by atoms with van der Waals surface area (Å²) < 4.78 is 35.3. The lowest BCUT2D eigenvalue weighted by Crippen LogP contribution is -2.22. The lowest BCUT2D eigenvalue weighted by molar-refractivity contribution is 0.150. The lowest BCUT2D eigenvalue weighted by atomic mass is 10.2. The van der Waals surface area contributed by atoms with Gasteiger partial charge in [-0.05, 0) is 24.1 Å². The van der Waals surface area contributed by atoms with E-state index in [1.807, 2.05) is 13.1 Å². The van der Waals surface area contributed by atoms with Crippen molar-refractivity contribution in [2.24, 2.45) is 0 Å². The molecule has 0 saturated heterocycles. The number of hydrogen-bond acceptors (Lipinski definition) is 9. The predicted octanol–water partition coefficient (Wildman–Crippen LogP) is 3.39. The van der Waals surface area contributed by atoms with Crippen molar-refractivity contribution < 1.29 is 18.3 Å². The molecule has 9 nitrogen and oxygen atoms in total. The molecule has 4 rings (SSSR count). The average Bonchev–Trinajstić information content (AvgIpc) is 3.35. The Morgan fingerprint density at radius 3 is 2.90 bits per heavy atom. The summed E-state index contributed by atoms with van der Waals surface area (Å²) >= 11 is 1.05. The van der Waals surface area contributed by atoms with Crippen LogP contribution in [0.5, 0.6) is 5.75 Å². The van der Waals surface area contributed by atoms with Crippen LogP contribution in [0.15, 0.2) is 24.5 Å². The summed E-state index contributed by atoms with van der Waals surface area (Å²) in [4.78, 5) is 26.5. The average molecular weight is 433 g/mol. The smallest absolute Gasteiger partial charge is 0.406 e. The van der Waals surface area contributed by atoms with Gasteiger partial charge >= 0.3 is 6.09 Å². The van der Waals surface area contributed by atoms with E-state index in [-0.39, 0.29) is 17.1 Å². The number of nitrogens with zero attached hydrogens (tertiary/aromatic N) is 5. The van der Waals surface area contributed by atoms with Gasteiger partial charge in [0.25, 0.3) is 6.43 Å². The van der Waals surface area contributed by atoms with Gasteiger partial charge in [0.05, 0.1) is 11.9 Å². The van der Waals surface area contributed by atoms with Crippen LogP contribution in [-0.4, -0.2) is 46.1 Å². The third kappa shape index (κ3) is 3.99. The van der Waals surface area contributed by atoms with Gasteiger partial charge in [-0.3, -0.25) is 4.98 Å². The maximum absolute atomic E-state index is 13.0. The Kier molecular flexibility index (Phi) is 5.40. The van der Waals surface area contributed by atoms with Gasteiger partial charge in [-0.25, -0.2) is 18.6 Å². The standard InChI is InChI=1S/C18H17F2N7O2S/c1-21-18(28)29-13-6-10(14(19)20)7-23-16(13)25-17-24-15(26-30-17)11-5-9-3-4-27(2)12(9)8-22-11/h5-8,14H,3-4H2,1-2H3,(H,21,28)(H,23,24,25,26). The van der Waals surface area contributed by atoms with Crippen molar-refractivity contribution in [1.29, 1.82) is 0 Å². The van der Waals surface area contributed by atoms with Crippen molar-refractivity contribution in [2.45, 2.75) is 12.8 Å². The van der Waals surface area contributed by atoms with Gasteiger partial charge in [0.2, 0.25) is 5.13 Å². The van der Waals surface area contributed by atoms with Crippen molar-refractivity contribution in [3.05, 3.63) is 35.7 Å². The maximum Gasteiger partial charge on any atom is 0.412 e. The molecule has 1 amide bonds. The summed E-state index contributed by atoms with van der Waals surface area (Å²) in [6.07, 6.45) is 0.167. The first kappa shape index (κ1) is 19.9. The first-order valence-electron chi connectivity index (χ1n) is 8.93. The Morgan fingerprint density at radius 2 is 2.13 bits per heavy atom. The number of amides is 1. The van der Waals surface area contributed by atoms with E-state index in [4.69, 9.17) is 4.74 Å². The highest BCUT2D eigenvalue weighted by Crippen LogP contribution is 2.33. The topological polar surface area (TPSA) is 105 Å². The van der Waals surface area contributed by atoms with Crippen molar-refractivity contribution in [2.75, 3.05) is 30.9 Å². The molecule has 1 aliphatic rings. The number of anilines is 3. The summed E-state index contributed by atoms with van der Waals surface area (Å²) in [5.74, 6) is 0.342. The second-order valence-electron chi connectivity index (χ2n) is 6.47. The van der Waals surface area contributed by atoms with Crippen molar-refractivity contribution in [1.82, 2.24) is 24.6 Å². The minimum atomic E-state index is -2.75. The Balaban J connectivity index is 1.58. The number of hydrogen-bond donors (Lipinski definition) is 2. The molecule has 0 bridgehead atoms.